The topological polar surface area (TPSA) is 89.8 Å². The molecule has 0 heterocycles. The Morgan fingerprint density at radius 3 is 1.07 bits per heavy atom. The lowest BCUT2D eigenvalue weighted by Crippen LogP contribution is -2.50. The van der Waals surface area contributed by atoms with Crippen molar-refractivity contribution in [3.63, 3.8) is 0 Å². The number of aliphatic hydroxyl groups excluding tert-OH is 3. The van der Waals surface area contributed by atoms with Gasteiger partial charge >= 0.3 is 0 Å². The number of carbonyl (C=O) groups excluding carboxylic acids is 1. The molecule has 0 fully saturated rings. The molecular weight excluding hydrogens is 703 g/mol. The number of aliphatic hydroxyl groups is 3. The Balaban J connectivity index is 3.62. The van der Waals surface area contributed by atoms with Crippen molar-refractivity contribution in [2.24, 2.45) is 0 Å². The van der Waals surface area contributed by atoms with Gasteiger partial charge in [0.1, 0.15) is 6.10 Å². The summed E-state index contributed by atoms with van der Waals surface area (Å²) < 4.78 is 0. The van der Waals surface area contributed by atoms with Gasteiger partial charge in [-0.1, -0.05) is 244 Å². The SMILES string of the molecule is CCCCCCCCCCCCCCCCC/C=C/CC/C=C/CCCC(O)C(O)C(CO)NC(=O)CCCCCCCCCCCCCCCCCCCCC. The smallest absolute Gasteiger partial charge is 0.220 e. The van der Waals surface area contributed by atoms with Crippen LogP contribution in [0.25, 0.3) is 0 Å². The van der Waals surface area contributed by atoms with Crippen LogP contribution in [0.3, 0.4) is 0 Å². The summed E-state index contributed by atoms with van der Waals surface area (Å²) >= 11 is 0. The molecule has 0 rings (SSSR count). The van der Waals surface area contributed by atoms with Crippen LogP contribution in [0.5, 0.6) is 0 Å². The normalized spacial score (nSPS) is 13.6. The van der Waals surface area contributed by atoms with Crippen LogP contribution >= 0.6 is 0 Å². The van der Waals surface area contributed by atoms with E-state index in [0.717, 1.165) is 44.9 Å². The summed E-state index contributed by atoms with van der Waals surface area (Å²) in [6.07, 6.45) is 58.8. The molecule has 0 aliphatic carbocycles. The maximum absolute atomic E-state index is 12.5. The molecule has 4 N–H and O–H groups in total. The number of amides is 1. The Kier molecular flexibility index (Phi) is 46.5. The van der Waals surface area contributed by atoms with Crippen molar-refractivity contribution in [2.75, 3.05) is 6.61 Å². The van der Waals surface area contributed by atoms with Crippen molar-refractivity contribution in [3.8, 4) is 0 Å². The zero-order valence-corrected chi connectivity index (χ0v) is 38.5. The lowest BCUT2D eigenvalue weighted by atomic mass is 10.0. The van der Waals surface area contributed by atoms with E-state index in [4.69, 9.17) is 0 Å². The molecule has 3 unspecified atom stereocenters. The maximum atomic E-state index is 12.5. The highest BCUT2D eigenvalue weighted by Crippen LogP contribution is 2.17. The van der Waals surface area contributed by atoms with Gasteiger partial charge in [-0.3, -0.25) is 4.79 Å². The van der Waals surface area contributed by atoms with Crippen molar-refractivity contribution in [3.05, 3.63) is 24.3 Å². The fraction of sp³-hybridized carbons (Fsp3) is 0.904. The van der Waals surface area contributed by atoms with Gasteiger partial charge in [0.25, 0.3) is 0 Å². The summed E-state index contributed by atoms with van der Waals surface area (Å²) in [4.78, 5) is 12.5. The molecule has 0 aliphatic heterocycles. The van der Waals surface area contributed by atoms with Crippen LogP contribution in [0, 0.1) is 0 Å². The Hall–Kier alpha value is -1.17. The zero-order valence-electron chi connectivity index (χ0n) is 38.5. The van der Waals surface area contributed by atoms with Crippen LogP contribution in [-0.4, -0.2) is 46.1 Å². The molecule has 0 aromatic heterocycles. The number of nitrogens with one attached hydrogen (secondary N) is 1. The summed E-state index contributed by atoms with van der Waals surface area (Å²) in [7, 11) is 0. The number of allylic oxidation sites excluding steroid dienone is 4. The summed E-state index contributed by atoms with van der Waals surface area (Å²) in [5.41, 5.74) is 0. The number of carbonyl (C=O) groups is 1. The third kappa shape index (κ3) is 42.8. The monoisotopic (exact) mass is 804 g/mol. The Morgan fingerprint density at radius 1 is 0.421 bits per heavy atom. The zero-order chi connectivity index (χ0) is 41.5. The molecule has 0 spiro atoms. The van der Waals surface area contributed by atoms with Crippen molar-refractivity contribution >= 4 is 5.91 Å². The number of hydrogen-bond acceptors (Lipinski definition) is 4. The average molecular weight is 804 g/mol. The van der Waals surface area contributed by atoms with Crippen LogP contribution in [0.15, 0.2) is 24.3 Å². The largest absolute Gasteiger partial charge is 0.394 e. The highest BCUT2D eigenvalue weighted by molar-refractivity contribution is 5.76. The van der Waals surface area contributed by atoms with E-state index in [2.05, 4.69) is 43.5 Å². The van der Waals surface area contributed by atoms with Gasteiger partial charge in [0, 0.05) is 6.42 Å². The Labute approximate surface area is 356 Å². The molecule has 0 saturated carbocycles. The first-order valence-electron chi connectivity index (χ1n) is 25.6. The summed E-state index contributed by atoms with van der Waals surface area (Å²) in [6, 6.07) is -0.829. The molecule has 0 aromatic carbocycles. The molecular formula is C52H101NO4. The van der Waals surface area contributed by atoms with Gasteiger partial charge in [0.15, 0.2) is 0 Å². The van der Waals surface area contributed by atoms with Gasteiger partial charge in [-0.25, -0.2) is 0 Å². The van der Waals surface area contributed by atoms with E-state index in [1.165, 1.54) is 205 Å². The van der Waals surface area contributed by atoms with Crippen LogP contribution in [0.4, 0.5) is 0 Å². The molecule has 5 heteroatoms. The summed E-state index contributed by atoms with van der Waals surface area (Å²) in [5, 5.41) is 33.6. The molecule has 1 amide bonds. The predicted octanol–water partition coefficient (Wildman–Crippen LogP) is 15.3. The number of unbranched alkanes of at least 4 members (excludes halogenated alkanes) is 35. The Bertz CT molecular complexity index is 844. The first kappa shape index (κ1) is 55.8. The second-order valence-corrected chi connectivity index (χ2v) is 17.7. The van der Waals surface area contributed by atoms with E-state index >= 15 is 0 Å². The van der Waals surface area contributed by atoms with Crippen molar-refractivity contribution in [1.82, 2.24) is 5.32 Å². The maximum Gasteiger partial charge on any atom is 0.220 e. The van der Waals surface area contributed by atoms with E-state index in [1.807, 2.05) is 0 Å². The van der Waals surface area contributed by atoms with Crippen molar-refractivity contribution in [1.29, 1.82) is 0 Å². The first-order valence-corrected chi connectivity index (χ1v) is 25.6. The van der Waals surface area contributed by atoms with Crippen LogP contribution in [-0.2, 0) is 4.79 Å². The van der Waals surface area contributed by atoms with Gasteiger partial charge in [0.05, 0.1) is 18.8 Å². The average Bonchev–Trinajstić information content (AvgIpc) is 3.22. The van der Waals surface area contributed by atoms with Crippen molar-refractivity contribution < 1.29 is 20.1 Å². The minimum absolute atomic E-state index is 0.154. The minimum Gasteiger partial charge on any atom is -0.394 e. The molecule has 0 radical (unpaired) electrons. The molecule has 0 aliphatic rings. The van der Waals surface area contributed by atoms with Gasteiger partial charge in [-0.15, -0.1) is 0 Å². The molecule has 0 aromatic rings. The van der Waals surface area contributed by atoms with Crippen LogP contribution < -0.4 is 5.32 Å². The van der Waals surface area contributed by atoms with E-state index < -0.39 is 18.2 Å². The standard InChI is InChI=1S/C52H101NO4/c1-3-5-7-9-11-13-15-17-19-21-23-24-25-26-27-29-30-32-34-36-38-40-42-44-46-50(55)52(57)49(48-54)53-51(56)47-45-43-41-39-37-35-33-31-28-22-20-18-16-14-12-10-8-6-4-2/h30,32,38,40,49-50,52,54-55,57H,3-29,31,33-37,39,41-48H2,1-2H3,(H,53,56)/b32-30+,40-38+. The molecule has 3 atom stereocenters. The molecule has 57 heavy (non-hydrogen) atoms. The third-order valence-corrected chi connectivity index (χ3v) is 12.0. The van der Waals surface area contributed by atoms with Crippen molar-refractivity contribution in [2.45, 2.75) is 295 Å². The predicted molar refractivity (Wildman–Crippen MR) is 250 cm³/mol. The van der Waals surface area contributed by atoms with E-state index in [-0.39, 0.29) is 12.5 Å². The van der Waals surface area contributed by atoms with Gasteiger partial charge in [-0.2, -0.15) is 0 Å². The fourth-order valence-electron chi connectivity index (χ4n) is 8.06. The van der Waals surface area contributed by atoms with E-state index in [1.54, 1.807) is 0 Å². The lowest BCUT2D eigenvalue weighted by molar-refractivity contribution is -0.124. The van der Waals surface area contributed by atoms with E-state index in [9.17, 15) is 20.1 Å². The molecule has 0 bridgehead atoms. The second kappa shape index (κ2) is 47.5. The first-order chi connectivity index (χ1) is 28.1. The van der Waals surface area contributed by atoms with Gasteiger partial charge in [0.2, 0.25) is 5.91 Å². The number of hydrogen-bond donors (Lipinski definition) is 4. The van der Waals surface area contributed by atoms with Crippen LogP contribution in [0.2, 0.25) is 0 Å². The van der Waals surface area contributed by atoms with Crippen LogP contribution in [0.1, 0.15) is 277 Å². The van der Waals surface area contributed by atoms with Gasteiger partial charge < -0.3 is 20.6 Å². The third-order valence-electron chi connectivity index (χ3n) is 12.0. The van der Waals surface area contributed by atoms with E-state index in [0.29, 0.717) is 12.8 Å². The highest BCUT2D eigenvalue weighted by Gasteiger charge is 2.26. The second-order valence-electron chi connectivity index (χ2n) is 17.7. The Morgan fingerprint density at radius 2 is 0.719 bits per heavy atom. The van der Waals surface area contributed by atoms with Gasteiger partial charge in [-0.05, 0) is 51.4 Å². The summed E-state index contributed by atoms with van der Waals surface area (Å²) in [5.74, 6) is -0.154. The highest BCUT2D eigenvalue weighted by atomic mass is 16.3. The number of rotatable bonds is 47. The molecule has 5 nitrogen and oxygen atoms in total. The lowest BCUT2D eigenvalue weighted by Gasteiger charge is -2.26. The molecule has 0 saturated heterocycles. The minimum atomic E-state index is -1.16. The summed E-state index contributed by atoms with van der Waals surface area (Å²) in [6.45, 7) is 4.19. The fourth-order valence-corrected chi connectivity index (χ4v) is 8.06. The quantitative estimate of drug-likeness (QED) is 0.0364. The molecule has 338 valence electrons.